The Morgan fingerprint density at radius 3 is 2.62 bits per heavy atom. The molecule has 0 spiro atoms. The molecule has 1 aromatic rings. The van der Waals surface area contributed by atoms with Gasteiger partial charge in [-0.1, -0.05) is 0 Å². The Morgan fingerprint density at radius 2 is 2.00 bits per heavy atom. The summed E-state index contributed by atoms with van der Waals surface area (Å²) in [5.41, 5.74) is 19.3. The number of nitrogens with one attached hydrogen (secondary N) is 1. The Bertz CT molecular complexity index is 272. The lowest BCUT2D eigenvalue weighted by Gasteiger charge is -2.08. The van der Waals surface area contributed by atoms with Gasteiger partial charge in [0.1, 0.15) is 0 Å². The highest BCUT2D eigenvalue weighted by Crippen LogP contribution is 2.16. The molecule has 0 saturated carbocycles. The molecule has 72 valence electrons. The number of hydrogen-bond acceptors (Lipinski definition) is 4. The Kier molecular flexibility index (Phi) is 3.54. The van der Waals surface area contributed by atoms with Gasteiger partial charge in [-0.25, -0.2) is 0 Å². The van der Waals surface area contributed by atoms with Crippen molar-refractivity contribution < 1.29 is 0 Å². The van der Waals surface area contributed by atoms with Crippen LogP contribution in [0.15, 0.2) is 18.2 Å². The van der Waals surface area contributed by atoms with Crippen molar-refractivity contribution in [2.75, 3.05) is 24.1 Å². The zero-order chi connectivity index (χ0) is 9.68. The van der Waals surface area contributed by atoms with E-state index in [0.29, 0.717) is 13.1 Å². The van der Waals surface area contributed by atoms with Gasteiger partial charge in [-0.2, -0.15) is 0 Å². The predicted octanol–water partition coefficient (Wildman–Crippen LogP) is 0.0981. The minimum atomic E-state index is 0.462. The summed E-state index contributed by atoms with van der Waals surface area (Å²) in [5, 5.41) is 3.16. The van der Waals surface area contributed by atoms with E-state index in [9.17, 15) is 0 Å². The fraction of sp³-hybridized carbons (Fsp3) is 0.333. The van der Waals surface area contributed by atoms with Crippen molar-refractivity contribution >= 4 is 11.4 Å². The van der Waals surface area contributed by atoms with Crippen LogP contribution in [0, 0.1) is 0 Å². The molecule has 0 bridgehead atoms. The van der Waals surface area contributed by atoms with Gasteiger partial charge in [-0.3, -0.25) is 0 Å². The van der Waals surface area contributed by atoms with E-state index in [1.54, 1.807) is 0 Å². The number of rotatable bonds is 4. The van der Waals surface area contributed by atoms with E-state index in [2.05, 4.69) is 5.32 Å². The largest absolute Gasteiger partial charge is 0.398 e. The van der Waals surface area contributed by atoms with Crippen LogP contribution < -0.4 is 22.5 Å². The summed E-state index contributed by atoms with van der Waals surface area (Å²) in [7, 11) is 0. The van der Waals surface area contributed by atoms with Crippen molar-refractivity contribution in [2.45, 2.75) is 6.54 Å². The Balaban J connectivity index is 2.74. The van der Waals surface area contributed by atoms with Gasteiger partial charge >= 0.3 is 0 Å². The average molecular weight is 180 g/mol. The molecule has 0 unspecified atom stereocenters. The second-order valence-corrected chi connectivity index (χ2v) is 2.83. The molecule has 0 radical (unpaired) electrons. The van der Waals surface area contributed by atoms with Gasteiger partial charge in [0.2, 0.25) is 0 Å². The van der Waals surface area contributed by atoms with Crippen LogP contribution in [-0.4, -0.2) is 13.1 Å². The van der Waals surface area contributed by atoms with E-state index in [0.717, 1.165) is 23.5 Å². The van der Waals surface area contributed by atoms with Crippen LogP contribution >= 0.6 is 0 Å². The molecule has 4 nitrogen and oxygen atoms in total. The first-order valence-corrected chi connectivity index (χ1v) is 4.30. The molecule has 4 heteroatoms. The van der Waals surface area contributed by atoms with Crippen molar-refractivity contribution in [1.29, 1.82) is 0 Å². The molecular weight excluding hydrogens is 164 g/mol. The fourth-order valence-corrected chi connectivity index (χ4v) is 1.11. The third-order valence-electron chi connectivity index (χ3n) is 1.84. The Labute approximate surface area is 78.1 Å². The molecule has 0 saturated heterocycles. The topological polar surface area (TPSA) is 90.1 Å². The van der Waals surface area contributed by atoms with Crippen LogP contribution in [-0.2, 0) is 6.54 Å². The summed E-state index contributed by atoms with van der Waals surface area (Å²) in [6.07, 6.45) is 0. The smallest absolute Gasteiger partial charge is 0.0361 e. The highest BCUT2D eigenvalue weighted by Gasteiger charge is 1.97. The van der Waals surface area contributed by atoms with Crippen LogP contribution in [0.25, 0.3) is 0 Å². The quantitative estimate of drug-likeness (QED) is 0.495. The number of nitrogen functional groups attached to an aromatic ring is 1. The Morgan fingerprint density at radius 1 is 1.23 bits per heavy atom. The third kappa shape index (κ3) is 2.61. The standard InChI is InChI=1S/C9H16N4/c10-3-4-13-8-1-2-9(12)7(5-8)6-11/h1-2,5,13H,3-4,6,10-12H2. The summed E-state index contributed by atoms with van der Waals surface area (Å²) in [6, 6.07) is 5.72. The van der Waals surface area contributed by atoms with Crippen LogP contribution in [0.5, 0.6) is 0 Å². The maximum atomic E-state index is 5.70. The molecule has 0 atom stereocenters. The second kappa shape index (κ2) is 4.69. The van der Waals surface area contributed by atoms with Gasteiger partial charge in [-0.05, 0) is 23.8 Å². The lowest BCUT2D eigenvalue weighted by Crippen LogP contribution is -2.13. The molecule has 0 aliphatic rings. The van der Waals surface area contributed by atoms with Gasteiger partial charge in [0, 0.05) is 31.0 Å². The van der Waals surface area contributed by atoms with E-state index in [1.807, 2.05) is 18.2 Å². The minimum Gasteiger partial charge on any atom is -0.398 e. The zero-order valence-corrected chi connectivity index (χ0v) is 7.59. The summed E-state index contributed by atoms with van der Waals surface area (Å²) < 4.78 is 0. The molecule has 0 aromatic heterocycles. The summed E-state index contributed by atoms with van der Waals surface area (Å²) in [4.78, 5) is 0. The first kappa shape index (κ1) is 9.83. The van der Waals surface area contributed by atoms with Crippen LogP contribution in [0.2, 0.25) is 0 Å². The first-order valence-electron chi connectivity index (χ1n) is 4.30. The summed E-state index contributed by atoms with van der Waals surface area (Å²) in [5.74, 6) is 0. The molecule has 1 aromatic carbocycles. The fourth-order valence-electron chi connectivity index (χ4n) is 1.11. The second-order valence-electron chi connectivity index (χ2n) is 2.83. The molecular formula is C9H16N4. The van der Waals surface area contributed by atoms with Gasteiger partial charge in [0.25, 0.3) is 0 Å². The average Bonchev–Trinajstić information content (AvgIpc) is 2.16. The highest BCUT2D eigenvalue weighted by atomic mass is 14.9. The highest BCUT2D eigenvalue weighted by molar-refractivity contribution is 5.57. The van der Waals surface area contributed by atoms with Crippen LogP contribution in [0.3, 0.4) is 0 Å². The van der Waals surface area contributed by atoms with E-state index >= 15 is 0 Å². The van der Waals surface area contributed by atoms with Crippen molar-refractivity contribution in [3.05, 3.63) is 23.8 Å². The first-order chi connectivity index (χ1) is 6.27. The maximum Gasteiger partial charge on any atom is 0.0361 e. The summed E-state index contributed by atoms with van der Waals surface area (Å²) in [6.45, 7) is 1.83. The molecule has 0 heterocycles. The minimum absolute atomic E-state index is 0.462. The van der Waals surface area contributed by atoms with Crippen LogP contribution in [0.1, 0.15) is 5.56 Å². The van der Waals surface area contributed by atoms with Crippen molar-refractivity contribution in [2.24, 2.45) is 11.5 Å². The van der Waals surface area contributed by atoms with Crippen molar-refractivity contribution in [3.63, 3.8) is 0 Å². The van der Waals surface area contributed by atoms with E-state index in [-0.39, 0.29) is 0 Å². The molecule has 0 fully saturated rings. The van der Waals surface area contributed by atoms with Crippen LogP contribution in [0.4, 0.5) is 11.4 Å². The number of hydrogen-bond donors (Lipinski definition) is 4. The van der Waals surface area contributed by atoms with Crippen molar-refractivity contribution in [3.8, 4) is 0 Å². The lowest BCUT2D eigenvalue weighted by atomic mass is 10.1. The van der Waals surface area contributed by atoms with Gasteiger partial charge in [0.15, 0.2) is 0 Å². The maximum absolute atomic E-state index is 5.70. The molecule has 0 amide bonds. The SMILES string of the molecule is NCCNc1ccc(N)c(CN)c1. The number of nitrogens with two attached hydrogens (primary N) is 3. The normalized spacial score (nSPS) is 10.0. The number of anilines is 2. The third-order valence-corrected chi connectivity index (χ3v) is 1.84. The molecule has 0 aliphatic heterocycles. The molecule has 0 aliphatic carbocycles. The van der Waals surface area contributed by atoms with Gasteiger partial charge in [-0.15, -0.1) is 0 Å². The zero-order valence-electron chi connectivity index (χ0n) is 7.59. The number of benzene rings is 1. The Hall–Kier alpha value is -1.26. The van der Waals surface area contributed by atoms with E-state index in [4.69, 9.17) is 17.2 Å². The molecule has 7 N–H and O–H groups in total. The molecule has 1 rings (SSSR count). The van der Waals surface area contributed by atoms with Gasteiger partial charge < -0.3 is 22.5 Å². The molecule has 13 heavy (non-hydrogen) atoms. The summed E-state index contributed by atoms with van der Waals surface area (Å²) >= 11 is 0. The van der Waals surface area contributed by atoms with Crippen molar-refractivity contribution in [1.82, 2.24) is 0 Å². The van der Waals surface area contributed by atoms with E-state index in [1.165, 1.54) is 0 Å². The monoisotopic (exact) mass is 180 g/mol. The lowest BCUT2D eigenvalue weighted by molar-refractivity contribution is 1.02. The predicted molar refractivity (Wildman–Crippen MR) is 56.3 cm³/mol. The van der Waals surface area contributed by atoms with E-state index < -0.39 is 0 Å². The van der Waals surface area contributed by atoms with Gasteiger partial charge in [0.05, 0.1) is 0 Å².